The summed E-state index contributed by atoms with van der Waals surface area (Å²) in [6.07, 6.45) is 4.73. The Kier molecular flexibility index (Phi) is 2.31. The van der Waals surface area contributed by atoms with Crippen LogP contribution < -0.4 is 0 Å². The first-order chi connectivity index (χ1) is 4.25. The SMILES string of the molecule is CCC1=CCC(C)=[C]1[Ti]. The van der Waals surface area contributed by atoms with E-state index < -0.39 is 0 Å². The van der Waals surface area contributed by atoms with E-state index in [1.165, 1.54) is 16.7 Å². The molecule has 0 aromatic rings. The third-order valence-corrected chi connectivity index (χ3v) is 2.95. The van der Waals surface area contributed by atoms with E-state index in [9.17, 15) is 0 Å². The van der Waals surface area contributed by atoms with Gasteiger partial charge in [-0.25, -0.2) is 0 Å². The molecule has 47 valence electrons. The third-order valence-electron chi connectivity index (χ3n) is 1.78. The Morgan fingerprint density at radius 3 is 2.56 bits per heavy atom. The number of hydrogen-bond acceptors (Lipinski definition) is 0. The van der Waals surface area contributed by atoms with E-state index in [1.807, 2.05) is 0 Å². The van der Waals surface area contributed by atoms with Crippen LogP contribution in [0.5, 0.6) is 0 Å². The fourth-order valence-electron chi connectivity index (χ4n) is 1.08. The second-order valence-electron chi connectivity index (χ2n) is 2.44. The Hall–Kier alpha value is 0.194. The zero-order chi connectivity index (χ0) is 6.85. The molecule has 1 rings (SSSR count). The van der Waals surface area contributed by atoms with E-state index in [-0.39, 0.29) is 0 Å². The topological polar surface area (TPSA) is 0 Å². The molecular formula is C8H11Ti. The summed E-state index contributed by atoms with van der Waals surface area (Å²) in [5.74, 6) is 0. The van der Waals surface area contributed by atoms with Gasteiger partial charge in [-0.15, -0.1) is 0 Å². The summed E-state index contributed by atoms with van der Waals surface area (Å²) < 4.78 is 1.53. The molecule has 9 heavy (non-hydrogen) atoms. The van der Waals surface area contributed by atoms with Crippen LogP contribution in [0.3, 0.4) is 0 Å². The fourth-order valence-corrected chi connectivity index (χ4v) is 1.67. The summed E-state index contributed by atoms with van der Waals surface area (Å²) in [4.78, 5) is 0. The maximum absolute atomic E-state index is 2.34. The standard InChI is InChI=1S/C8H11.Ti/c1-3-8-5-4-7(2)6-8;/h5H,3-4H2,1-2H3;. The number of rotatable bonds is 1. The molecule has 0 bridgehead atoms. The molecule has 0 unspecified atom stereocenters. The maximum atomic E-state index is 2.34. The monoisotopic (exact) mass is 155 g/mol. The Morgan fingerprint density at radius 1 is 1.67 bits per heavy atom. The molecule has 0 aromatic carbocycles. The van der Waals surface area contributed by atoms with Gasteiger partial charge in [-0.1, -0.05) is 0 Å². The van der Waals surface area contributed by atoms with E-state index in [0.29, 0.717) is 0 Å². The van der Waals surface area contributed by atoms with Gasteiger partial charge in [0, 0.05) is 0 Å². The van der Waals surface area contributed by atoms with Crippen LogP contribution >= 0.6 is 0 Å². The van der Waals surface area contributed by atoms with Gasteiger partial charge in [0.25, 0.3) is 0 Å². The van der Waals surface area contributed by atoms with Crippen LogP contribution in [0.2, 0.25) is 0 Å². The Labute approximate surface area is 68.4 Å². The number of hydrogen-bond donors (Lipinski definition) is 0. The molecule has 0 amide bonds. The summed E-state index contributed by atoms with van der Waals surface area (Å²) in [6.45, 7) is 4.43. The van der Waals surface area contributed by atoms with Gasteiger partial charge in [-0.05, 0) is 0 Å². The molecule has 0 fully saturated rings. The first-order valence-electron chi connectivity index (χ1n) is 3.36. The zero-order valence-corrected chi connectivity index (χ0v) is 7.55. The van der Waals surface area contributed by atoms with Crippen molar-refractivity contribution in [3.8, 4) is 0 Å². The van der Waals surface area contributed by atoms with Crippen molar-refractivity contribution in [1.82, 2.24) is 0 Å². The Balaban J connectivity index is 2.79. The van der Waals surface area contributed by atoms with Gasteiger partial charge >= 0.3 is 68.2 Å². The van der Waals surface area contributed by atoms with Crippen LogP contribution in [0.25, 0.3) is 0 Å². The molecule has 0 heterocycles. The van der Waals surface area contributed by atoms with Crippen LogP contribution in [-0.4, -0.2) is 0 Å². The van der Waals surface area contributed by atoms with Gasteiger partial charge in [0.15, 0.2) is 0 Å². The average Bonchev–Trinajstić information content (AvgIpc) is 2.15. The van der Waals surface area contributed by atoms with E-state index >= 15 is 0 Å². The summed E-state index contributed by atoms with van der Waals surface area (Å²) in [7, 11) is 0. The molecule has 0 nitrogen and oxygen atoms in total. The first-order valence-corrected chi connectivity index (χ1v) is 4.14. The van der Waals surface area contributed by atoms with Gasteiger partial charge in [-0.2, -0.15) is 0 Å². The van der Waals surface area contributed by atoms with Crippen LogP contribution in [0.15, 0.2) is 21.1 Å². The fraction of sp³-hybridized carbons (Fsp3) is 0.500. The second kappa shape index (κ2) is 2.85. The van der Waals surface area contributed by atoms with Crippen molar-refractivity contribution in [3.05, 3.63) is 21.1 Å². The first kappa shape index (κ1) is 7.30. The van der Waals surface area contributed by atoms with Crippen molar-refractivity contribution in [3.63, 3.8) is 0 Å². The zero-order valence-electron chi connectivity index (χ0n) is 5.99. The molecule has 0 atom stereocenters. The summed E-state index contributed by atoms with van der Waals surface area (Å²) in [5.41, 5.74) is 3.10. The van der Waals surface area contributed by atoms with Crippen LogP contribution in [0.1, 0.15) is 26.7 Å². The van der Waals surface area contributed by atoms with E-state index in [4.69, 9.17) is 0 Å². The minimum atomic E-state index is 1.19. The molecule has 0 saturated heterocycles. The van der Waals surface area contributed by atoms with Crippen molar-refractivity contribution in [2.45, 2.75) is 26.7 Å². The van der Waals surface area contributed by atoms with Crippen LogP contribution in [0.4, 0.5) is 0 Å². The molecule has 1 aliphatic carbocycles. The second-order valence-corrected chi connectivity index (χ2v) is 3.22. The Bertz CT molecular complexity index is 175. The molecule has 0 aliphatic heterocycles. The van der Waals surface area contributed by atoms with Gasteiger partial charge in [0.2, 0.25) is 0 Å². The van der Waals surface area contributed by atoms with Crippen molar-refractivity contribution < 1.29 is 20.4 Å². The predicted molar refractivity (Wildman–Crippen MR) is 35.7 cm³/mol. The molecule has 0 radical (unpaired) electrons. The van der Waals surface area contributed by atoms with E-state index in [2.05, 4.69) is 40.4 Å². The van der Waals surface area contributed by atoms with Crippen LogP contribution in [0, 0.1) is 0 Å². The predicted octanol–water partition coefficient (Wildman–Crippen LogP) is 2.55. The summed E-state index contributed by atoms with van der Waals surface area (Å²) in [6, 6.07) is 0. The average molecular weight is 155 g/mol. The minimum absolute atomic E-state index is 1.19. The molecule has 0 N–H and O–H groups in total. The summed E-state index contributed by atoms with van der Waals surface area (Å²) in [5, 5.41) is 0. The van der Waals surface area contributed by atoms with Crippen molar-refractivity contribution in [2.24, 2.45) is 0 Å². The van der Waals surface area contributed by atoms with E-state index in [1.54, 1.807) is 11.1 Å². The summed E-state index contributed by atoms with van der Waals surface area (Å²) >= 11 is 2.22. The van der Waals surface area contributed by atoms with Gasteiger partial charge < -0.3 is 0 Å². The Morgan fingerprint density at radius 2 is 2.33 bits per heavy atom. The molecule has 0 saturated carbocycles. The van der Waals surface area contributed by atoms with Crippen molar-refractivity contribution in [1.29, 1.82) is 0 Å². The van der Waals surface area contributed by atoms with Crippen molar-refractivity contribution in [2.75, 3.05) is 0 Å². The molecule has 0 spiro atoms. The molecule has 1 aliphatic rings. The molecule has 0 aromatic heterocycles. The van der Waals surface area contributed by atoms with Crippen molar-refractivity contribution >= 4 is 0 Å². The number of allylic oxidation sites excluding steroid dienone is 4. The quantitative estimate of drug-likeness (QED) is 0.510. The van der Waals surface area contributed by atoms with E-state index in [0.717, 1.165) is 0 Å². The van der Waals surface area contributed by atoms with Gasteiger partial charge in [0.1, 0.15) is 0 Å². The normalized spacial score (nSPS) is 18.6. The third kappa shape index (κ3) is 1.36. The van der Waals surface area contributed by atoms with Gasteiger partial charge in [-0.3, -0.25) is 0 Å². The molecular weight excluding hydrogens is 144 g/mol. The van der Waals surface area contributed by atoms with Crippen LogP contribution in [-0.2, 0) is 20.4 Å². The molecule has 1 heteroatoms. The van der Waals surface area contributed by atoms with Gasteiger partial charge in [0.05, 0.1) is 0 Å².